The molecule has 2 rings (SSSR count). The molecule has 0 saturated carbocycles. The first-order chi connectivity index (χ1) is 6.77. The predicted octanol–water partition coefficient (Wildman–Crippen LogP) is 2.45. The fourth-order valence-electron chi connectivity index (χ4n) is 1.47. The number of nitrogens with one attached hydrogen (secondary N) is 1. The van der Waals surface area contributed by atoms with Gasteiger partial charge in [-0.3, -0.25) is 5.10 Å². The van der Waals surface area contributed by atoms with E-state index >= 15 is 0 Å². The average molecular weight is 247 g/mol. The van der Waals surface area contributed by atoms with Crippen molar-refractivity contribution in [2.75, 3.05) is 11.5 Å². The van der Waals surface area contributed by atoms with Crippen LogP contribution in [0.25, 0.3) is 0 Å². The number of hydrogen-bond donors (Lipinski definition) is 1. The van der Waals surface area contributed by atoms with Crippen LogP contribution in [0, 0.1) is 11.7 Å². The topological polar surface area (TPSA) is 33.6 Å². The molecule has 0 unspecified atom stereocenters. The molecule has 1 aliphatic heterocycles. The number of aromatic nitrogens is 3. The normalized spacial score (nSPS) is 17.8. The van der Waals surface area contributed by atoms with Gasteiger partial charge in [-0.05, 0) is 25.6 Å². The van der Waals surface area contributed by atoms with Crippen molar-refractivity contribution in [2.24, 2.45) is 0 Å². The van der Waals surface area contributed by atoms with Crippen molar-refractivity contribution in [2.45, 2.75) is 24.5 Å². The maximum atomic E-state index is 5.14. The molecule has 0 radical (unpaired) electrons. The molecule has 0 atom stereocenters. The highest BCUT2D eigenvalue weighted by Gasteiger charge is 2.16. The van der Waals surface area contributed by atoms with Crippen LogP contribution in [0.1, 0.15) is 12.2 Å². The number of H-pyrrole nitrogens is 1. The van der Waals surface area contributed by atoms with E-state index in [1.165, 1.54) is 17.9 Å². The maximum Gasteiger partial charge on any atom is 0.195 e. The van der Waals surface area contributed by atoms with Crippen LogP contribution in [0.5, 0.6) is 0 Å². The zero-order valence-corrected chi connectivity index (χ0v) is 10.5. The lowest BCUT2D eigenvalue weighted by Gasteiger charge is -2.08. The fourth-order valence-corrected chi connectivity index (χ4v) is 4.54. The van der Waals surface area contributed by atoms with E-state index < -0.39 is 0 Å². The highest BCUT2D eigenvalue weighted by molar-refractivity contribution is 8.20. The van der Waals surface area contributed by atoms with Gasteiger partial charge in [-0.2, -0.15) is 5.10 Å². The third-order valence-electron chi connectivity index (χ3n) is 2.23. The third kappa shape index (κ3) is 2.35. The van der Waals surface area contributed by atoms with Crippen LogP contribution in [-0.4, -0.2) is 30.9 Å². The Morgan fingerprint density at radius 2 is 2.29 bits per heavy atom. The Hall–Kier alpha value is 0.0600. The molecule has 1 aromatic heterocycles. The van der Waals surface area contributed by atoms with E-state index in [4.69, 9.17) is 12.2 Å². The van der Waals surface area contributed by atoms with E-state index in [-0.39, 0.29) is 0 Å². The van der Waals surface area contributed by atoms with Gasteiger partial charge in [-0.15, -0.1) is 23.5 Å². The van der Waals surface area contributed by atoms with Gasteiger partial charge in [0.15, 0.2) is 4.77 Å². The molecule has 0 aromatic carbocycles. The smallest absolute Gasteiger partial charge is 0.195 e. The number of nitrogens with zero attached hydrogens (tertiary/aromatic N) is 2. The fraction of sp³-hybridized carbons (Fsp3) is 0.750. The lowest BCUT2D eigenvalue weighted by Crippen LogP contribution is -2.05. The zero-order chi connectivity index (χ0) is 9.97. The van der Waals surface area contributed by atoms with Gasteiger partial charge in [0.2, 0.25) is 0 Å². The van der Waals surface area contributed by atoms with Crippen molar-refractivity contribution in [3.05, 3.63) is 10.6 Å². The van der Waals surface area contributed by atoms with Crippen LogP contribution in [0.4, 0.5) is 0 Å². The summed E-state index contributed by atoms with van der Waals surface area (Å²) in [4.78, 5) is 0. The van der Waals surface area contributed by atoms with Gasteiger partial charge >= 0.3 is 0 Å². The average Bonchev–Trinajstić information content (AvgIpc) is 2.76. The third-order valence-corrected chi connectivity index (χ3v) is 5.71. The highest BCUT2D eigenvalue weighted by Crippen LogP contribution is 2.34. The molecule has 78 valence electrons. The van der Waals surface area contributed by atoms with Crippen LogP contribution >= 0.6 is 35.7 Å². The maximum absolute atomic E-state index is 5.14. The summed E-state index contributed by atoms with van der Waals surface area (Å²) in [6, 6.07) is 0. The SMILES string of the molecule is Cc1n[nH]c(=S)n1CCC1SCCS1. The summed E-state index contributed by atoms with van der Waals surface area (Å²) < 4.78 is 3.58. The first-order valence-corrected chi connectivity index (χ1v) is 7.13. The molecule has 1 fully saturated rings. The number of hydrogen-bond acceptors (Lipinski definition) is 4. The van der Waals surface area contributed by atoms with Gasteiger partial charge in [0.25, 0.3) is 0 Å². The largest absolute Gasteiger partial charge is 0.304 e. The Bertz CT molecular complexity index is 351. The molecule has 0 aliphatic carbocycles. The zero-order valence-electron chi connectivity index (χ0n) is 8.02. The Morgan fingerprint density at radius 1 is 1.57 bits per heavy atom. The molecular weight excluding hydrogens is 234 g/mol. The minimum Gasteiger partial charge on any atom is -0.304 e. The minimum absolute atomic E-state index is 0.746. The standard InChI is InChI=1S/C8H13N3S3/c1-6-9-10-8(12)11(6)3-2-7-13-4-5-14-7/h7H,2-5H2,1H3,(H,10,12). The van der Waals surface area contributed by atoms with Gasteiger partial charge in [-0.25, -0.2) is 0 Å². The molecule has 2 heterocycles. The molecule has 1 aromatic rings. The van der Waals surface area contributed by atoms with Crippen LogP contribution < -0.4 is 0 Å². The van der Waals surface area contributed by atoms with Gasteiger partial charge < -0.3 is 4.57 Å². The summed E-state index contributed by atoms with van der Waals surface area (Å²) >= 11 is 9.27. The van der Waals surface area contributed by atoms with Crippen LogP contribution in [-0.2, 0) is 6.54 Å². The van der Waals surface area contributed by atoms with Gasteiger partial charge in [0.05, 0.1) is 4.58 Å². The van der Waals surface area contributed by atoms with E-state index in [9.17, 15) is 0 Å². The molecule has 3 nitrogen and oxygen atoms in total. The Morgan fingerprint density at radius 3 is 2.86 bits per heavy atom. The van der Waals surface area contributed by atoms with Crippen molar-refractivity contribution in [1.29, 1.82) is 0 Å². The summed E-state index contributed by atoms with van der Waals surface area (Å²) in [6.07, 6.45) is 1.18. The minimum atomic E-state index is 0.746. The molecule has 0 amide bonds. The van der Waals surface area contributed by atoms with Crippen LogP contribution in [0.2, 0.25) is 0 Å². The lowest BCUT2D eigenvalue weighted by atomic mass is 10.4. The molecule has 6 heteroatoms. The van der Waals surface area contributed by atoms with Crippen molar-refractivity contribution in [3.63, 3.8) is 0 Å². The quantitative estimate of drug-likeness (QED) is 0.832. The Balaban J connectivity index is 1.94. The summed E-state index contributed by atoms with van der Waals surface area (Å²) in [7, 11) is 0. The first-order valence-electron chi connectivity index (χ1n) is 4.62. The molecular formula is C8H13N3S3. The monoisotopic (exact) mass is 247 g/mol. The number of rotatable bonds is 3. The number of thioether (sulfide) groups is 2. The van der Waals surface area contributed by atoms with Crippen molar-refractivity contribution >= 4 is 35.7 Å². The van der Waals surface area contributed by atoms with E-state index in [1.54, 1.807) is 0 Å². The highest BCUT2D eigenvalue weighted by atomic mass is 32.2. The predicted molar refractivity (Wildman–Crippen MR) is 65.5 cm³/mol. The van der Waals surface area contributed by atoms with Crippen molar-refractivity contribution < 1.29 is 0 Å². The lowest BCUT2D eigenvalue weighted by molar-refractivity contribution is 0.646. The summed E-state index contributed by atoms with van der Waals surface area (Å²) in [5.41, 5.74) is 0. The number of aryl methyl sites for hydroxylation is 1. The molecule has 0 bridgehead atoms. The summed E-state index contributed by atoms with van der Waals surface area (Å²) in [5, 5.41) is 6.91. The second-order valence-corrected chi connectivity index (χ2v) is 6.49. The molecule has 1 saturated heterocycles. The number of aromatic amines is 1. The van der Waals surface area contributed by atoms with Crippen LogP contribution in [0.3, 0.4) is 0 Å². The molecule has 14 heavy (non-hydrogen) atoms. The summed E-state index contributed by atoms with van der Waals surface area (Å²) in [6.45, 7) is 2.98. The Kier molecular flexibility index (Phi) is 3.57. The van der Waals surface area contributed by atoms with Gasteiger partial charge in [0, 0.05) is 18.1 Å². The van der Waals surface area contributed by atoms with E-state index in [1.807, 2.05) is 6.92 Å². The Labute approximate surface area is 97.0 Å². The van der Waals surface area contributed by atoms with Crippen LogP contribution in [0.15, 0.2) is 0 Å². The van der Waals surface area contributed by atoms with Crippen molar-refractivity contribution in [1.82, 2.24) is 14.8 Å². The molecule has 0 spiro atoms. The second kappa shape index (κ2) is 4.72. The van der Waals surface area contributed by atoms with Gasteiger partial charge in [-0.1, -0.05) is 0 Å². The first kappa shape index (κ1) is 10.6. The van der Waals surface area contributed by atoms with Gasteiger partial charge in [0.1, 0.15) is 5.82 Å². The van der Waals surface area contributed by atoms with Crippen molar-refractivity contribution in [3.8, 4) is 0 Å². The molecule has 1 N–H and O–H groups in total. The molecule has 1 aliphatic rings. The van der Waals surface area contributed by atoms with E-state index in [0.717, 1.165) is 21.7 Å². The van der Waals surface area contributed by atoms with E-state index in [2.05, 4.69) is 38.3 Å². The summed E-state index contributed by atoms with van der Waals surface area (Å²) in [5.74, 6) is 3.58. The second-order valence-electron chi connectivity index (χ2n) is 3.19. The van der Waals surface area contributed by atoms with E-state index in [0.29, 0.717) is 0 Å².